The normalized spacial score (nSPS) is 11.8. The number of Topliss-reactive ketones (excluding diaryl/α,β-unsaturated/α-hetero) is 1. The Bertz CT molecular complexity index is 1360. The lowest BCUT2D eigenvalue weighted by Crippen LogP contribution is -2.36. The largest absolute Gasteiger partial charge is 0.468 e. The van der Waals surface area contributed by atoms with Crippen molar-refractivity contribution in [3.05, 3.63) is 75.5 Å². The predicted molar refractivity (Wildman–Crippen MR) is 137 cm³/mol. The number of hydrogen-bond acceptors (Lipinski definition) is 6. The lowest BCUT2D eigenvalue weighted by molar-refractivity contribution is 0.0512. The van der Waals surface area contributed by atoms with Crippen LogP contribution < -0.4 is 0 Å². The van der Waals surface area contributed by atoms with Crippen molar-refractivity contribution in [1.29, 1.82) is 0 Å². The number of rotatable bonds is 10. The molecule has 0 amide bonds. The highest BCUT2D eigenvalue weighted by atomic mass is 32.2. The predicted octanol–water partition coefficient (Wildman–Crippen LogP) is 4.89. The van der Waals surface area contributed by atoms with E-state index in [1.807, 2.05) is 26.0 Å². The standard InChI is InChI=1S/C27H34N2O6S/c1-8-29-21(7)24(20(6)25(29)27(31)34-9-2)23(30)16-28(15-22-11-10-12-35-22)36(32,33)26-18(4)13-17(3)14-19(26)5/h10-14H,8-9,15-16H2,1-7H3. The second-order valence-electron chi connectivity index (χ2n) is 8.90. The molecule has 194 valence electrons. The average molecular weight is 515 g/mol. The molecule has 0 bridgehead atoms. The molecular formula is C27H34N2O6S. The summed E-state index contributed by atoms with van der Waals surface area (Å²) in [7, 11) is -4.06. The van der Waals surface area contributed by atoms with Gasteiger partial charge in [0.15, 0.2) is 5.78 Å². The van der Waals surface area contributed by atoms with E-state index in [0.717, 1.165) is 9.87 Å². The van der Waals surface area contributed by atoms with E-state index in [0.29, 0.717) is 45.9 Å². The zero-order valence-electron chi connectivity index (χ0n) is 22.0. The van der Waals surface area contributed by atoms with E-state index in [2.05, 4.69) is 0 Å². The number of carbonyl (C=O) groups is 2. The van der Waals surface area contributed by atoms with Crippen LogP contribution in [0.4, 0.5) is 0 Å². The molecule has 0 fully saturated rings. The first kappa shape index (κ1) is 27.4. The van der Waals surface area contributed by atoms with Gasteiger partial charge in [-0.3, -0.25) is 4.79 Å². The highest BCUT2D eigenvalue weighted by Gasteiger charge is 2.33. The third kappa shape index (κ3) is 5.17. The number of aromatic nitrogens is 1. The van der Waals surface area contributed by atoms with Crippen LogP contribution in [0, 0.1) is 34.6 Å². The molecule has 0 spiro atoms. The van der Waals surface area contributed by atoms with E-state index >= 15 is 0 Å². The minimum absolute atomic E-state index is 0.106. The molecule has 1 aromatic carbocycles. The summed E-state index contributed by atoms with van der Waals surface area (Å²) in [5.41, 5.74) is 3.90. The fourth-order valence-corrected chi connectivity index (χ4v) is 6.68. The summed E-state index contributed by atoms with van der Waals surface area (Å²) in [4.78, 5) is 26.5. The quantitative estimate of drug-likeness (QED) is 0.282. The molecule has 3 aromatic rings. The second kappa shape index (κ2) is 10.8. The number of furan rings is 1. The number of sulfonamides is 1. The van der Waals surface area contributed by atoms with Crippen LogP contribution in [0.15, 0.2) is 39.8 Å². The Morgan fingerprint density at radius 3 is 2.22 bits per heavy atom. The Labute approximate surface area is 212 Å². The van der Waals surface area contributed by atoms with Crippen molar-refractivity contribution in [2.75, 3.05) is 13.2 Å². The summed E-state index contributed by atoms with van der Waals surface area (Å²) < 4.78 is 41.4. The van der Waals surface area contributed by atoms with Crippen LogP contribution >= 0.6 is 0 Å². The van der Waals surface area contributed by atoms with Crippen LogP contribution in [0.25, 0.3) is 0 Å². The fourth-order valence-electron chi connectivity index (χ4n) is 4.91. The molecule has 0 aliphatic heterocycles. The zero-order valence-corrected chi connectivity index (χ0v) is 22.8. The van der Waals surface area contributed by atoms with Crippen LogP contribution in [0.5, 0.6) is 0 Å². The van der Waals surface area contributed by atoms with E-state index in [4.69, 9.17) is 9.15 Å². The van der Waals surface area contributed by atoms with Crippen LogP contribution in [0.3, 0.4) is 0 Å². The van der Waals surface area contributed by atoms with Gasteiger partial charge in [0, 0.05) is 17.8 Å². The van der Waals surface area contributed by atoms with Crippen LogP contribution in [0.2, 0.25) is 0 Å². The number of hydrogen-bond donors (Lipinski definition) is 0. The van der Waals surface area contributed by atoms with Crippen LogP contribution in [-0.4, -0.2) is 42.2 Å². The van der Waals surface area contributed by atoms with Crippen molar-refractivity contribution in [1.82, 2.24) is 8.87 Å². The number of aryl methyl sites for hydroxylation is 3. The summed E-state index contributed by atoms with van der Waals surface area (Å²) in [6.07, 6.45) is 1.46. The maximum absolute atomic E-state index is 13.9. The SMILES string of the molecule is CCOC(=O)c1c(C)c(C(=O)CN(Cc2ccco2)S(=O)(=O)c2c(C)cc(C)cc2C)c(C)n1CC. The lowest BCUT2D eigenvalue weighted by Gasteiger charge is -2.23. The van der Waals surface area contributed by atoms with Crippen molar-refractivity contribution in [2.24, 2.45) is 0 Å². The molecule has 0 atom stereocenters. The van der Waals surface area contributed by atoms with Gasteiger partial charge >= 0.3 is 5.97 Å². The first-order chi connectivity index (χ1) is 16.9. The van der Waals surface area contributed by atoms with Crippen molar-refractivity contribution < 1.29 is 27.2 Å². The summed E-state index contributed by atoms with van der Waals surface area (Å²) in [5, 5.41) is 0. The smallest absolute Gasteiger partial charge is 0.355 e. The number of ketones is 1. The second-order valence-corrected chi connectivity index (χ2v) is 10.8. The maximum Gasteiger partial charge on any atom is 0.355 e. The molecule has 0 aliphatic rings. The highest BCUT2D eigenvalue weighted by molar-refractivity contribution is 7.89. The first-order valence-corrected chi connectivity index (χ1v) is 13.4. The van der Waals surface area contributed by atoms with E-state index in [-0.39, 0.29) is 18.0 Å². The minimum Gasteiger partial charge on any atom is -0.468 e. The number of ether oxygens (including phenoxy) is 1. The van der Waals surface area contributed by atoms with E-state index < -0.39 is 28.3 Å². The van der Waals surface area contributed by atoms with E-state index in [1.165, 1.54) is 6.26 Å². The van der Waals surface area contributed by atoms with Gasteiger partial charge in [-0.2, -0.15) is 4.31 Å². The summed E-state index contributed by atoms with van der Waals surface area (Å²) in [6, 6.07) is 6.97. The number of nitrogens with zero attached hydrogens (tertiary/aromatic N) is 2. The Balaban J connectivity index is 2.09. The number of esters is 1. The summed E-state index contributed by atoms with van der Waals surface area (Å²) in [6.45, 7) is 12.6. The number of carbonyl (C=O) groups excluding carboxylic acids is 2. The molecule has 2 heterocycles. The van der Waals surface area contributed by atoms with Gasteiger partial charge in [0.05, 0.1) is 30.9 Å². The Kier molecular flexibility index (Phi) is 8.26. The lowest BCUT2D eigenvalue weighted by atomic mass is 10.1. The molecule has 0 radical (unpaired) electrons. The van der Waals surface area contributed by atoms with Gasteiger partial charge in [0.1, 0.15) is 11.5 Å². The number of benzene rings is 1. The van der Waals surface area contributed by atoms with E-state index in [9.17, 15) is 18.0 Å². The summed E-state index contributed by atoms with van der Waals surface area (Å²) in [5.74, 6) is -0.495. The molecule has 8 nitrogen and oxygen atoms in total. The van der Waals surface area contributed by atoms with Crippen molar-refractivity contribution in [2.45, 2.75) is 66.5 Å². The van der Waals surface area contributed by atoms with Gasteiger partial charge < -0.3 is 13.7 Å². The molecule has 9 heteroatoms. The monoisotopic (exact) mass is 514 g/mol. The molecule has 0 saturated heterocycles. The molecule has 0 saturated carbocycles. The Morgan fingerprint density at radius 2 is 1.69 bits per heavy atom. The van der Waals surface area contributed by atoms with Gasteiger partial charge in [0.2, 0.25) is 10.0 Å². The van der Waals surface area contributed by atoms with Crippen molar-refractivity contribution in [3.8, 4) is 0 Å². The van der Waals surface area contributed by atoms with Gasteiger partial charge in [-0.25, -0.2) is 13.2 Å². The molecule has 2 aromatic heterocycles. The molecule has 0 N–H and O–H groups in total. The van der Waals surface area contributed by atoms with Gasteiger partial charge in [-0.05, 0) is 77.3 Å². The van der Waals surface area contributed by atoms with E-state index in [1.54, 1.807) is 51.3 Å². The fraction of sp³-hybridized carbons (Fsp3) is 0.407. The topological polar surface area (TPSA) is 98.8 Å². The van der Waals surface area contributed by atoms with Gasteiger partial charge in [-0.15, -0.1) is 0 Å². The van der Waals surface area contributed by atoms with Crippen molar-refractivity contribution >= 4 is 21.8 Å². The third-order valence-corrected chi connectivity index (χ3v) is 8.36. The molecule has 0 unspecified atom stereocenters. The maximum atomic E-state index is 13.9. The minimum atomic E-state index is -4.06. The van der Waals surface area contributed by atoms with Crippen LogP contribution in [-0.2, 0) is 27.8 Å². The van der Waals surface area contributed by atoms with Crippen LogP contribution in [0.1, 0.15) is 68.4 Å². The molecular weight excluding hydrogens is 480 g/mol. The van der Waals surface area contributed by atoms with Gasteiger partial charge in [0.25, 0.3) is 0 Å². The first-order valence-electron chi connectivity index (χ1n) is 11.9. The van der Waals surface area contributed by atoms with Crippen molar-refractivity contribution in [3.63, 3.8) is 0 Å². The third-order valence-electron chi connectivity index (χ3n) is 6.27. The average Bonchev–Trinajstić information content (AvgIpc) is 3.37. The van der Waals surface area contributed by atoms with Gasteiger partial charge in [-0.1, -0.05) is 17.7 Å². The highest BCUT2D eigenvalue weighted by Crippen LogP contribution is 2.29. The molecule has 36 heavy (non-hydrogen) atoms. The summed E-state index contributed by atoms with van der Waals surface area (Å²) >= 11 is 0. The Hall–Kier alpha value is -3.17. The zero-order chi connectivity index (χ0) is 26.8. The Morgan fingerprint density at radius 1 is 1.06 bits per heavy atom. The molecule has 3 rings (SSSR count). The molecule has 0 aliphatic carbocycles.